The highest BCUT2D eigenvalue weighted by Gasteiger charge is 2.39. The van der Waals surface area contributed by atoms with Gasteiger partial charge < -0.3 is 4.90 Å². The Morgan fingerprint density at radius 3 is 2.85 bits per heavy atom. The fraction of sp³-hybridized carbons (Fsp3) is 0.688. The second-order valence-corrected chi connectivity index (χ2v) is 6.60. The molecule has 0 bridgehead atoms. The Bertz CT molecular complexity index is 418. The predicted octanol–water partition coefficient (Wildman–Crippen LogP) is 3.78. The van der Waals surface area contributed by atoms with Crippen LogP contribution in [0.5, 0.6) is 0 Å². The topological polar surface area (TPSA) is 32.3 Å². The van der Waals surface area contributed by atoms with Gasteiger partial charge in [0.25, 0.3) is 0 Å². The van der Waals surface area contributed by atoms with Crippen molar-refractivity contribution in [2.24, 2.45) is 5.92 Å². The number of hydrogen-bond acceptors (Lipinski definition) is 3. The Hall–Kier alpha value is -0.870. The van der Waals surface area contributed by atoms with Gasteiger partial charge >= 0.3 is 0 Å². The summed E-state index contributed by atoms with van der Waals surface area (Å²) in [5.41, 5.74) is 1.23. The molecule has 0 aliphatic carbocycles. The summed E-state index contributed by atoms with van der Waals surface area (Å²) in [4.78, 5) is 14.7. The van der Waals surface area contributed by atoms with Crippen LogP contribution in [0.3, 0.4) is 0 Å². The molecule has 112 valence electrons. The zero-order chi connectivity index (χ0) is 14.5. The summed E-state index contributed by atoms with van der Waals surface area (Å²) in [6.45, 7) is 7.43. The fourth-order valence-electron chi connectivity index (χ4n) is 2.66. The summed E-state index contributed by atoms with van der Waals surface area (Å²) >= 11 is 1.70. The van der Waals surface area contributed by atoms with E-state index in [2.05, 4.69) is 47.8 Å². The number of carbonyl (C=O) groups is 1. The Morgan fingerprint density at radius 2 is 2.25 bits per heavy atom. The van der Waals surface area contributed by atoms with Crippen LogP contribution in [0, 0.1) is 5.92 Å². The summed E-state index contributed by atoms with van der Waals surface area (Å²) in [6, 6.07) is 2.13. The molecule has 0 spiro atoms. The molecule has 1 amide bonds. The van der Waals surface area contributed by atoms with Crippen LogP contribution in [-0.4, -0.2) is 23.4 Å². The van der Waals surface area contributed by atoms with Gasteiger partial charge in [-0.3, -0.25) is 10.1 Å². The summed E-state index contributed by atoms with van der Waals surface area (Å²) < 4.78 is 0. The van der Waals surface area contributed by atoms with E-state index in [0.717, 1.165) is 32.2 Å². The number of nitrogens with one attached hydrogen (secondary N) is 1. The molecule has 1 aliphatic heterocycles. The lowest BCUT2D eigenvalue weighted by Crippen LogP contribution is -2.34. The van der Waals surface area contributed by atoms with Crippen LogP contribution in [0.2, 0.25) is 0 Å². The van der Waals surface area contributed by atoms with Crippen LogP contribution < -0.4 is 5.32 Å². The SMILES string of the molecule is CCCCC1NC(c2ccsc2)N(CC(C)CC)C1=O. The van der Waals surface area contributed by atoms with Crippen molar-refractivity contribution in [2.75, 3.05) is 6.54 Å². The fourth-order valence-corrected chi connectivity index (χ4v) is 3.34. The minimum atomic E-state index is 0.00362. The van der Waals surface area contributed by atoms with Crippen molar-refractivity contribution in [3.8, 4) is 0 Å². The van der Waals surface area contributed by atoms with Crippen molar-refractivity contribution in [2.45, 2.75) is 58.7 Å². The molecule has 4 heteroatoms. The van der Waals surface area contributed by atoms with Gasteiger partial charge in [0.2, 0.25) is 5.91 Å². The molecule has 2 rings (SSSR count). The maximum Gasteiger partial charge on any atom is 0.241 e. The lowest BCUT2D eigenvalue weighted by atomic mass is 10.1. The second-order valence-electron chi connectivity index (χ2n) is 5.82. The molecule has 0 aromatic carbocycles. The van der Waals surface area contributed by atoms with Crippen molar-refractivity contribution < 1.29 is 4.79 Å². The van der Waals surface area contributed by atoms with E-state index in [4.69, 9.17) is 0 Å². The second kappa shape index (κ2) is 7.23. The van der Waals surface area contributed by atoms with E-state index in [1.54, 1.807) is 11.3 Å². The first-order chi connectivity index (χ1) is 9.67. The molecule has 0 radical (unpaired) electrons. The number of amides is 1. The Balaban J connectivity index is 2.12. The van der Waals surface area contributed by atoms with Gasteiger partial charge in [-0.25, -0.2) is 0 Å². The zero-order valence-corrected chi connectivity index (χ0v) is 13.6. The zero-order valence-electron chi connectivity index (χ0n) is 12.8. The quantitative estimate of drug-likeness (QED) is 0.830. The van der Waals surface area contributed by atoms with E-state index in [1.807, 2.05) is 0 Å². The summed E-state index contributed by atoms with van der Waals surface area (Å²) in [5, 5.41) is 7.78. The smallest absolute Gasteiger partial charge is 0.241 e. The molecule has 1 N–H and O–H groups in total. The molecule has 3 atom stereocenters. The Kier molecular flexibility index (Phi) is 5.61. The van der Waals surface area contributed by atoms with Crippen LogP contribution in [0.4, 0.5) is 0 Å². The average Bonchev–Trinajstić information content (AvgIpc) is 3.07. The minimum Gasteiger partial charge on any atom is -0.321 e. The summed E-state index contributed by atoms with van der Waals surface area (Å²) in [7, 11) is 0. The first-order valence-corrected chi connectivity index (χ1v) is 8.70. The van der Waals surface area contributed by atoms with Crippen molar-refractivity contribution in [1.82, 2.24) is 10.2 Å². The highest BCUT2D eigenvalue weighted by molar-refractivity contribution is 7.07. The molecule has 1 aromatic heterocycles. The van der Waals surface area contributed by atoms with E-state index in [1.165, 1.54) is 5.56 Å². The third-order valence-electron chi connectivity index (χ3n) is 4.16. The van der Waals surface area contributed by atoms with Gasteiger partial charge in [0.05, 0.1) is 6.04 Å². The summed E-state index contributed by atoms with van der Waals surface area (Å²) in [5.74, 6) is 0.835. The predicted molar refractivity (Wildman–Crippen MR) is 84.7 cm³/mol. The van der Waals surface area contributed by atoms with Crippen LogP contribution in [0.25, 0.3) is 0 Å². The molecule has 1 saturated heterocycles. The number of hydrogen-bond donors (Lipinski definition) is 1. The molecule has 1 fully saturated rings. The number of rotatable bonds is 7. The van der Waals surface area contributed by atoms with Crippen LogP contribution in [0.1, 0.15) is 58.2 Å². The molecule has 3 unspecified atom stereocenters. The van der Waals surface area contributed by atoms with Crippen molar-refractivity contribution in [3.05, 3.63) is 22.4 Å². The standard InChI is InChI=1S/C16H26N2OS/c1-4-6-7-14-16(19)18(10-12(3)5-2)15(17-14)13-8-9-20-11-13/h8-9,11-12,14-15,17H,4-7,10H2,1-3H3. The normalized spacial score (nSPS) is 24.4. The average molecular weight is 294 g/mol. The molecule has 3 nitrogen and oxygen atoms in total. The van der Waals surface area contributed by atoms with E-state index < -0.39 is 0 Å². The van der Waals surface area contributed by atoms with Crippen LogP contribution in [0.15, 0.2) is 16.8 Å². The molecule has 0 saturated carbocycles. The maximum atomic E-state index is 12.6. The number of unbranched alkanes of at least 4 members (excludes halogenated alkanes) is 1. The van der Waals surface area contributed by atoms with Gasteiger partial charge in [-0.15, -0.1) is 0 Å². The summed E-state index contributed by atoms with van der Waals surface area (Å²) in [6.07, 6.45) is 4.38. The molecular formula is C16H26N2OS. The Labute approximate surface area is 126 Å². The van der Waals surface area contributed by atoms with Crippen LogP contribution >= 0.6 is 11.3 Å². The number of thiophene rings is 1. The first-order valence-electron chi connectivity index (χ1n) is 7.76. The van der Waals surface area contributed by atoms with E-state index in [9.17, 15) is 4.79 Å². The highest BCUT2D eigenvalue weighted by atomic mass is 32.1. The van der Waals surface area contributed by atoms with Gasteiger partial charge in [-0.2, -0.15) is 11.3 Å². The molecule has 2 heterocycles. The largest absolute Gasteiger partial charge is 0.321 e. The minimum absolute atomic E-state index is 0.00362. The van der Waals surface area contributed by atoms with Gasteiger partial charge in [0.15, 0.2) is 0 Å². The van der Waals surface area contributed by atoms with E-state index in [-0.39, 0.29) is 18.1 Å². The molecule has 1 aromatic rings. The van der Waals surface area contributed by atoms with Gasteiger partial charge in [-0.05, 0) is 34.7 Å². The van der Waals surface area contributed by atoms with Gasteiger partial charge in [0, 0.05) is 6.54 Å². The third-order valence-corrected chi connectivity index (χ3v) is 4.86. The van der Waals surface area contributed by atoms with E-state index in [0.29, 0.717) is 5.92 Å². The number of carbonyl (C=O) groups excluding carboxylic acids is 1. The van der Waals surface area contributed by atoms with E-state index >= 15 is 0 Å². The highest BCUT2D eigenvalue weighted by Crippen LogP contribution is 2.29. The van der Waals surface area contributed by atoms with Gasteiger partial charge in [0.1, 0.15) is 6.17 Å². The number of nitrogens with zero attached hydrogens (tertiary/aromatic N) is 1. The van der Waals surface area contributed by atoms with Crippen molar-refractivity contribution in [3.63, 3.8) is 0 Å². The first kappa shape index (κ1) is 15.5. The Morgan fingerprint density at radius 1 is 1.45 bits per heavy atom. The monoisotopic (exact) mass is 294 g/mol. The third kappa shape index (κ3) is 3.41. The molecule has 1 aliphatic rings. The van der Waals surface area contributed by atoms with Crippen LogP contribution in [-0.2, 0) is 4.79 Å². The lowest BCUT2D eigenvalue weighted by molar-refractivity contribution is -0.130. The molecule has 20 heavy (non-hydrogen) atoms. The molecular weight excluding hydrogens is 268 g/mol. The maximum absolute atomic E-state index is 12.6. The lowest BCUT2D eigenvalue weighted by Gasteiger charge is -2.26. The van der Waals surface area contributed by atoms with Crippen molar-refractivity contribution in [1.29, 1.82) is 0 Å². The van der Waals surface area contributed by atoms with Gasteiger partial charge in [-0.1, -0.05) is 40.0 Å². The van der Waals surface area contributed by atoms with Crippen molar-refractivity contribution >= 4 is 17.2 Å².